The van der Waals surface area contributed by atoms with Crippen LogP contribution in [0.1, 0.15) is 32.6 Å². The highest BCUT2D eigenvalue weighted by atomic mass is 32.2. The van der Waals surface area contributed by atoms with Gasteiger partial charge in [-0.25, -0.2) is 4.98 Å². The molecule has 29 heavy (non-hydrogen) atoms. The van der Waals surface area contributed by atoms with Crippen molar-refractivity contribution >= 4 is 23.5 Å². The molecule has 0 radical (unpaired) electrons. The van der Waals surface area contributed by atoms with Crippen LogP contribution in [0.4, 0.5) is 5.82 Å². The van der Waals surface area contributed by atoms with Crippen molar-refractivity contribution in [2.75, 3.05) is 17.7 Å². The molecule has 0 spiro atoms. The molecule has 5 heteroatoms. The quantitative estimate of drug-likeness (QED) is 0.661. The first-order valence-corrected chi connectivity index (χ1v) is 11.2. The van der Waals surface area contributed by atoms with Crippen LogP contribution < -0.4 is 10.2 Å². The van der Waals surface area contributed by atoms with Crippen LogP contribution in [0.2, 0.25) is 0 Å². The third-order valence-corrected chi connectivity index (χ3v) is 5.87. The molecule has 1 aliphatic rings. The molecule has 1 aromatic heterocycles. The van der Waals surface area contributed by atoms with E-state index in [0.717, 1.165) is 36.6 Å². The van der Waals surface area contributed by atoms with Gasteiger partial charge in [-0.3, -0.25) is 4.79 Å². The molecule has 1 aliphatic heterocycles. The fraction of sp³-hybridized carbons (Fsp3) is 0.250. The van der Waals surface area contributed by atoms with Crippen LogP contribution in [0.3, 0.4) is 0 Å². The van der Waals surface area contributed by atoms with E-state index in [1.807, 2.05) is 42.6 Å². The number of thioether (sulfide) groups is 1. The lowest BCUT2D eigenvalue weighted by molar-refractivity contribution is 0.0951. The van der Waals surface area contributed by atoms with Crippen LogP contribution >= 0.6 is 11.8 Å². The van der Waals surface area contributed by atoms with E-state index in [4.69, 9.17) is 0 Å². The molecule has 2 aromatic carbocycles. The number of benzene rings is 2. The normalized spacial score (nSPS) is 13.1. The number of pyridine rings is 1. The molecule has 0 atom stereocenters. The van der Waals surface area contributed by atoms with Gasteiger partial charge in [-0.15, -0.1) is 0 Å². The molecule has 2 heterocycles. The third-order valence-electron chi connectivity index (χ3n) is 5.24. The van der Waals surface area contributed by atoms with Crippen molar-refractivity contribution in [1.82, 2.24) is 10.3 Å². The maximum absolute atomic E-state index is 12.4. The second-order valence-electron chi connectivity index (χ2n) is 7.28. The summed E-state index contributed by atoms with van der Waals surface area (Å²) in [4.78, 5) is 19.3. The van der Waals surface area contributed by atoms with E-state index >= 15 is 0 Å². The molecule has 0 aliphatic carbocycles. The SMILES string of the molecule is CSCc1ccc(C(=O)NCc2ccc(N3CCc4ccccc4C3)nc2)cc1. The first-order chi connectivity index (χ1) is 14.2. The van der Waals surface area contributed by atoms with Gasteiger partial charge in [-0.1, -0.05) is 42.5 Å². The molecule has 0 unspecified atom stereocenters. The summed E-state index contributed by atoms with van der Waals surface area (Å²) in [7, 11) is 0. The fourth-order valence-corrected chi connectivity index (χ4v) is 4.13. The highest BCUT2D eigenvalue weighted by Gasteiger charge is 2.16. The van der Waals surface area contributed by atoms with E-state index in [2.05, 4.69) is 45.7 Å². The zero-order valence-corrected chi connectivity index (χ0v) is 17.4. The molecule has 3 aromatic rings. The Labute approximate surface area is 176 Å². The lowest BCUT2D eigenvalue weighted by Gasteiger charge is -2.29. The van der Waals surface area contributed by atoms with Crippen molar-refractivity contribution in [1.29, 1.82) is 0 Å². The first kappa shape index (κ1) is 19.5. The molecule has 148 valence electrons. The van der Waals surface area contributed by atoms with Crippen LogP contribution in [0.5, 0.6) is 0 Å². The van der Waals surface area contributed by atoms with Crippen LogP contribution in [-0.2, 0) is 25.3 Å². The molecule has 0 saturated carbocycles. The van der Waals surface area contributed by atoms with Crippen molar-refractivity contribution in [3.8, 4) is 0 Å². The van der Waals surface area contributed by atoms with E-state index < -0.39 is 0 Å². The summed E-state index contributed by atoms with van der Waals surface area (Å²) in [6.07, 6.45) is 4.98. The maximum Gasteiger partial charge on any atom is 0.251 e. The minimum Gasteiger partial charge on any atom is -0.352 e. The number of aromatic nitrogens is 1. The summed E-state index contributed by atoms with van der Waals surface area (Å²) in [5.74, 6) is 1.89. The molecule has 4 nitrogen and oxygen atoms in total. The number of carbonyl (C=O) groups is 1. The van der Waals surface area contributed by atoms with E-state index in [1.54, 1.807) is 11.8 Å². The van der Waals surface area contributed by atoms with E-state index in [-0.39, 0.29) is 5.91 Å². The van der Waals surface area contributed by atoms with Crippen molar-refractivity contribution in [3.05, 3.63) is 94.7 Å². The standard InChI is InChI=1S/C24H25N3OS/c1-29-17-18-6-9-21(10-7-18)24(28)26-15-19-8-11-23(25-14-19)27-13-12-20-4-2-3-5-22(20)16-27/h2-11,14H,12-13,15-17H2,1H3,(H,26,28). The van der Waals surface area contributed by atoms with Gasteiger partial charge < -0.3 is 10.2 Å². The van der Waals surface area contributed by atoms with E-state index in [9.17, 15) is 4.79 Å². The van der Waals surface area contributed by atoms with Gasteiger partial charge in [0.25, 0.3) is 5.91 Å². The second-order valence-corrected chi connectivity index (χ2v) is 8.14. The van der Waals surface area contributed by atoms with Crippen molar-refractivity contribution in [3.63, 3.8) is 0 Å². The number of nitrogens with zero attached hydrogens (tertiary/aromatic N) is 2. The fourth-order valence-electron chi connectivity index (χ4n) is 3.60. The Hall–Kier alpha value is -2.79. The minimum atomic E-state index is -0.0579. The largest absolute Gasteiger partial charge is 0.352 e. The highest BCUT2D eigenvalue weighted by Crippen LogP contribution is 2.23. The topological polar surface area (TPSA) is 45.2 Å². The predicted molar refractivity (Wildman–Crippen MR) is 120 cm³/mol. The van der Waals surface area contributed by atoms with Crippen LogP contribution in [-0.4, -0.2) is 23.7 Å². The zero-order chi connectivity index (χ0) is 20.1. The van der Waals surface area contributed by atoms with Crippen molar-refractivity contribution in [2.24, 2.45) is 0 Å². The lowest BCUT2D eigenvalue weighted by atomic mass is 10.00. The zero-order valence-electron chi connectivity index (χ0n) is 16.6. The Balaban J connectivity index is 1.33. The molecular formula is C24H25N3OS. The predicted octanol–water partition coefficient (Wildman–Crippen LogP) is 4.44. The molecule has 1 N–H and O–H groups in total. The van der Waals surface area contributed by atoms with Crippen molar-refractivity contribution in [2.45, 2.75) is 25.3 Å². The maximum atomic E-state index is 12.4. The van der Waals surface area contributed by atoms with Crippen LogP contribution in [0.25, 0.3) is 0 Å². The number of amides is 1. The Morgan fingerprint density at radius 1 is 1.03 bits per heavy atom. The van der Waals surface area contributed by atoms with Gasteiger partial charge in [0.05, 0.1) is 0 Å². The first-order valence-electron chi connectivity index (χ1n) is 9.85. The number of carbonyl (C=O) groups excluding carboxylic acids is 1. The van der Waals surface area contributed by atoms with Gasteiger partial charge in [0.2, 0.25) is 0 Å². The number of hydrogen-bond donors (Lipinski definition) is 1. The molecular weight excluding hydrogens is 378 g/mol. The van der Waals surface area contributed by atoms with Gasteiger partial charge >= 0.3 is 0 Å². The van der Waals surface area contributed by atoms with Gasteiger partial charge in [0.15, 0.2) is 0 Å². The Morgan fingerprint density at radius 2 is 1.79 bits per heavy atom. The van der Waals surface area contributed by atoms with Gasteiger partial charge in [-0.05, 0) is 53.1 Å². The molecule has 1 amide bonds. The van der Waals surface area contributed by atoms with E-state index in [0.29, 0.717) is 12.1 Å². The second kappa shape index (κ2) is 9.14. The summed E-state index contributed by atoms with van der Waals surface area (Å²) >= 11 is 1.77. The highest BCUT2D eigenvalue weighted by molar-refractivity contribution is 7.97. The summed E-state index contributed by atoms with van der Waals surface area (Å²) in [6.45, 7) is 2.35. The average Bonchev–Trinajstić information content (AvgIpc) is 2.78. The molecule has 0 saturated heterocycles. The number of anilines is 1. The Morgan fingerprint density at radius 3 is 2.52 bits per heavy atom. The number of fused-ring (bicyclic) bond motifs is 1. The summed E-state index contributed by atoms with van der Waals surface area (Å²) in [5.41, 5.74) is 5.73. The van der Waals surface area contributed by atoms with Gasteiger partial charge in [0.1, 0.15) is 5.82 Å². The van der Waals surface area contributed by atoms with Gasteiger partial charge in [-0.2, -0.15) is 11.8 Å². The average molecular weight is 404 g/mol. The van der Waals surface area contributed by atoms with Crippen LogP contribution in [0.15, 0.2) is 66.9 Å². The molecule has 4 rings (SSSR count). The molecule has 0 bridgehead atoms. The number of rotatable bonds is 6. The van der Waals surface area contributed by atoms with Gasteiger partial charge in [0, 0.05) is 37.1 Å². The third kappa shape index (κ3) is 4.80. The van der Waals surface area contributed by atoms with Crippen molar-refractivity contribution < 1.29 is 4.79 Å². The van der Waals surface area contributed by atoms with E-state index in [1.165, 1.54) is 16.7 Å². The number of nitrogens with one attached hydrogen (secondary N) is 1. The molecule has 0 fully saturated rings. The Bertz CT molecular complexity index is 970. The minimum absolute atomic E-state index is 0.0579. The monoisotopic (exact) mass is 403 g/mol. The van der Waals surface area contributed by atoms with Crippen LogP contribution in [0, 0.1) is 0 Å². The number of hydrogen-bond acceptors (Lipinski definition) is 4. The smallest absolute Gasteiger partial charge is 0.251 e. The summed E-state index contributed by atoms with van der Waals surface area (Å²) in [6, 6.07) is 20.5. The summed E-state index contributed by atoms with van der Waals surface area (Å²) < 4.78 is 0. The Kier molecular flexibility index (Phi) is 6.15. The summed E-state index contributed by atoms with van der Waals surface area (Å²) in [5, 5.41) is 2.98. The lowest BCUT2D eigenvalue weighted by Crippen LogP contribution is -2.31.